The molecule has 0 radical (unpaired) electrons. The highest BCUT2D eigenvalue weighted by atomic mass is 79.9. The van der Waals surface area contributed by atoms with Crippen LogP contribution in [0.25, 0.3) is 0 Å². The van der Waals surface area contributed by atoms with Gasteiger partial charge in [0.25, 0.3) is 0 Å². The Morgan fingerprint density at radius 2 is 2.00 bits per heavy atom. The summed E-state index contributed by atoms with van der Waals surface area (Å²) in [7, 11) is 0. The molecule has 0 spiro atoms. The molecule has 19 heavy (non-hydrogen) atoms. The monoisotopic (exact) mass is 322 g/mol. The molecule has 2 aromatic rings. The van der Waals surface area contributed by atoms with Crippen molar-refractivity contribution in [3.8, 4) is 0 Å². The molecule has 0 bridgehead atoms. The molecular weight excluding hydrogens is 304 g/mol. The van der Waals surface area contributed by atoms with E-state index in [1.54, 1.807) is 6.20 Å². The third kappa shape index (κ3) is 4.76. The lowest BCUT2D eigenvalue weighted by Gasteiger charge is -2.19. The maximum absolute atomic E-state index is 4.53. The smallest absolute Gasteiger partial charge is 0.0831 e. The van der Waals surface area contributed by atoms with E-state index in [-0.39, 0.29) is 5.54 Å². The predicted molar refractivity (Wildman–Crippen MR) is 79.9 cm³/mol. The van der Waals surface area contributed by atoms with E-state index in [1.165, 1.54) is 0 Å². The summed E-state index contributed by atoms with van der Waals surface area (Å²) in [6, 6.07) is 6.03. The van der Waals surface area contributed by atoms with Crippen molar-refractivity contribution in [1.29, 1.82) is 0 Å². The van der Waals surface area contributed by atoms with Crippen LogP contribution >= 0.6 is 15.9 Å². The zero-order chi connectivity index (χ0) is 13.9. The molecule has 0 aliphatic heterocycles. The number of aromatic nitrogens is 3. The van der Waals surface area contributed by atoms with Crippen LogP contribution in [0.2, 0.25) is 0 Å². The summed E-state index contributed by atoms with van der Waals surface area (Å²) in [6.45, 7) is 7.92. The fraction of sp³-hybridized carbons (Fsp3) is 0.429. The van der Waals surface area contributed by atoms with Gasteiger partial charge >= 0.3 is 0 Å². The fourth-order valence-electron chi connectivity index (χ4n) is 1.61. The second kappa shape index (κ2) is 5.84. The first-order valence-corrected chi connectivity index (χ1v) is 7.09. The molecular formula is C14H19BrN4. The van der Waals surface area contributed by atoms with Crippen LogP contribution in [0.3, 0.4) is 0 Å². The van der Waals surface area contributed by atoms with Gasteiger partial charge in [0.05, 0.1) is 17.9 Å². The molecule has 0 aliphatic rings. The average molecular weight is 323 g/mol. The van der Waals surface area contributed by atoms with Crippen molar-refractivity contribution in [2.75, 3.05) is 0 Å². The Balaban J connectivity index is 1.95. The summed E-state index contributed by atoms with van der Waals surface area (Å²) in [5, 5.41) is 7.96. The number of rotatable bonds is 4. The number of hydrogen-bond acceptors (Lipinski definition) is 3. The summed E-state index contributed by atoms with van der Waals surface area (Å²) >= 11 is 3.38. The van der Waals surface area contributed by atoms with E-state index in [1.807, 2.05) is 29.1 Å². The summed E-state index contributed by atoms with van der Waals surface area (Å²) < 4.78 is 2.91. The number of halogens is 1. The number of nitrogens with zero attached hydrogens (tertiary/aromatic N) is 3. The summed E-state index contributed by atoms with van der Waals surface area (Å²) in [5.74, 6) is 0. The molecule has 0 aliphatic carbocycles. The zero-order valence-corrected chi connectivity index (χ0v) is 13.1. The van der Waals surface area contributed by atoms with Crippen molar-refractivity contribution in [3.63, 3.8) is 0 Å². The minimum absolute atomic E-state index is 0.108. The normalized spacial score (nSPS) is 11.8. The van der Waals surface area contributed by atoms with Gasteiger partial charge in [-0.05, 0) is 54.9 Å². The maximum Gasteiger partial charge on any atom is 0.0831 e. The molecule has 0 fully saturated rings. The van der Waals surface area contributed by atoms with E-state index in [0.29, 0.717) is 6.54 Å². The topological polar surface area (TPSA) is 42.7 Å². The molecule has 0 atom stereocenters. The maximum atomic E-state index is 4.53. The third-order valence-corrected chi connectivity index (χ3v) is 3.08. The highest BCUT2D eigenvalue weighted by Gasteiger charge is 2.09. The van der Waals surface area contributed by atoms with E-state index in [0.717, 1.165) is 22.4 Å². The fourth-order valence-corrected chi connectivity index (χ4v) is 1.84. The minimum Gasteiger partial charge on any atom is -0.306 e. The Morgan fingerprint density at radius 3 is 2.63 bits per heavy atom. The highest BCUT2D eigenvalue weighted by Crippen LogP contribution is 2.09. The van der Waals surface area contributed by atoms with E-state index in [4.69, 9.17) is 0 Å². The minimum atomic E-state index is 0.108. The van der Waals surface area contributed by atoms with Gasteiger partial charge in [-0.15, -0.1) is 0 Å². The van der Waals surface area contributed by atoms with Gasteiger partial charge in [-0.2, -0.15) is 5.10 Å². The lowest BCUT2D eigenvalue weighted by molar-refractivity contribution is 0.419. The van der Waals surface area contributed by atoms with Crippen molar-refractivity contribution in [3.05, 3.63) is 46.5 Å². The van der Waals surface area contributed by atoms with Crippen LogP contribution in [0.1, 0.15) is 32.2 Å². The second-order valence-electron chi connectivity index (χ2n) is 5.58. The van der Waals surface area contributed by atoms with Gasteiger partial charge in [0.15, 0.2) is 0 Å². The summed E-state index contributed by atoms with van der Waals surface area (Å²) in [4.78, 5) is 4.34. The number of pyridine rings is 1. The van der Waals surface area contributed by atoms with Crippen LogP contribution in [0.5, 0.6) is 0 Å². The average Bonchev–Trinajstić information content (AvgIpc) is 2.77. The van der Waals surface area contributed by atoms with Crippen molar-refractivity contribution in [1.82, 2.24) is 20.1 Å². The van der Waals surface area contributed by atoms with E-state index >= 15 is 0 Å². The summed E-state index contributed by atoms with van der Waals surface area (Å²) in [6.07, 6.45) is 3.80. The van der Waals surface area contributed by atoms with Gasteiger partial charge in [0.2, 0.25) is 0 Å². The van der Waals surface area contributed by atoms with Crippen LogP contribution in [0.4, 0.5) is 0 Å². The van der Waals surface area contributed by atoms with Gasteiger partial charge in [0, 0.05) is 29.0 Å². The standard InChI is InChI=1S/C14H19BrN4/c1-14(2,3)17-9-12-6-7-19(18-12)10-13-5-4-11(15)8-16-13/h4-8,17H,9-10H2,1-3H3. The van der Waals surface area contributed by atoms with Crippen molar-refractivity contribution in [2.24, 2.45) is 0 Å². The van der Waals surface area contributed by atoms with E-state index in [2.05, 4.69) is 52.1 Å². The summed E-state index contributed by atoms with van der Waals surface area (Å²) in [5.41, 5.74) is 2.16. The molecule has 0 amide bonds. The van der Waals surface area contributed by atoms with Crippen molar-refractivity contribution >= 4 is 15.9 Å². The molecule has 4 nitrogen and oxygen atoms in total. The lowest BCUT2D eigenvalue weighted by atomic mass is 10.1. The van der Waals surface area contributed by atoms with Crippen LogP contribution in [-0.4, -0.2) is 20.3 Å². The van der Waals surface area contributed by atoms with Gasteiger partial charge < -0.3 is 5.32 Å². The van der Waals surface area contributed by atoms with Crippen LogP contribution < -0.4 is 5.32 Å². The Kier molecular flexibility index (Phi) is 4.37. The van der Waals surface area contributed by atoms with Crippen molar-refractivity contribution < 1.29 is 0 Å². The first-order chi connectivity index (χ1) is 8.92. The molecule has 2 aromatic heterocycles. The largest absolute Gasteiger partial charge is 0.306 e. The molecule has 102 valence electrons. The SMILES string of the molecule is CC(C)(C)NCc1ccn(Cc2ccc(Br)cn2)n1. The Hall–Kier alpha value is -1.20. The van der Waals surface area contributed by atoms with Crippen molar-refractivity contribution in [2.45, 2.75) is 39.4 Å². The highest BCUT2D eigenvalue weighted by molar-refractivity contribution is 9.10. The predicted octanol–water partition coefficient (Wildman–Crippen LogP) is 2.98. The Bertz CT molecular complexity index is 525. The van der Waals surface area contributed by atoms with Crippen LogP contribution in [-0.2, 0) is 13.1 Å². The van der Waals surface area contributed by atoms with E-state index < -0.39 is 0 Å². The van der Waals surface area contributed by atoms with Gasteiger partial charge in [-0.1, -0.05) is 0 Å². The number of hydrogen-bond donors (Lipinski definition) is 1. The van der Waals surface area contributed by atoms with Gasteiger partial charge in [-0.3, -0.25) is 9.67 Å². The first kappa shape index (κ1) is 14.2. The van der Waals surface area contributed by atoms with Gasteiger partial charge in [-0.25, -0.2) is 0 Å². The number of nitrogens with one attached hydrogen (secondary N) is 1. The molecule has 0 saturated carbocycles. The Labute approximate surface area is 122 Å². The van der Waals surface area contributed by atoms with Crippen LogP contribution in [0, 0.1) is 0 Å². The quantitative estimate of drug-likeness (QED) is 0.941. The van der Waals surface area contributed by atoms with Gasteiger partial charge in [0.1, 0.15) is 0 Å². The van der Waals surface area contributed by atoms with E-state index in [9.17, 15) is 0 Å². The molecule has 0 aromatic carbocycles. The molecule has 1 N–H and O–H groups in total. The molecule has 2 rings (SSSR count). The third-order valence-electron chi connectivity index (χ3n) is 2.61. The molecule has 5 heteroatoms. The molecule has 0 unspecified atom stereocenters. The second-order valence-corrected chi connectivity index (χ2v) is 6.49. The molecule has 2 heterocycles. The molecule has 0 saturated heterocycles. The first-order valence-electron chi connectivity index (χ1n) is 6.30. The zero-order valence-electron chi connectivity index (χ0n) is 11.5. The van der Waals surface area contributed by atoms with Crippen LogP contribution in [0.15, 0.2) is 35.1 Å². The Morgan fingerprint density at radius 1 is 1.21 bits per heavy atom. The lowest BCUT2D eigenvalue weighted by Crippen LogP contribution is -2.35.